The molecule has 0 saturated heterocycles. The van der Waals surface area contributed by atoms with Crippen LogP contribution < -0.4 is 4.72 Å². The van der Waals surface area contributed by atoms with E-state index in [4.69, 9.17) is 0 Å². The number of hydrogen-bond acceptors (Lipinski definition) is 3. The van der Waals surface area contributed by atoms with Crippen LogP contribution in [-0.2, 0) is 10.0 Å². The zero-order valence-corrected chi connectivity index (χ0v) is 15.5. The van der Waals surface area contributed by atoms with Gasteiger partial charge in [0.05, 0.1) is 4.90 Å². The molecule has 26 heavy (non-hydrogen) atoms. The van der Waals surface area contributed by atoms with Gasteiger partial charge in [-0.1, -0.05) is 35.9 Å². The molecule has 136 valence electrons. The highest BCUT2D eigenvalue weighted by molar-refractivity contribution is 7.89. The summed E-state index contributed by atoms with van der Waals surface area (Å²) in [5.41, 5.74) is 2.37. The number of H-pyrrole nitrogens is 1. The van der Waals surface area contributed by atoms with E-state index in [1.807, 2.05) is 31.2 Å². The number of likely N-dealkylation sites (N-methyl/N-ethyl adjacent to an activating group) is 1. The first kappa shape index (κ1) is 18.2. The van der Waals surface area contributed by atoms with Gasteiger partial charge in [0, 0.05) is 31.0 Å². The summed E-state index contributed by atoms with van der Waals surface area (Å²) >= 11 is 0. The monoisotopic (exact) mass is 371 g/mol. The summed E-state index contributed by atoms with van der Waals surface area (Å²) in [6, 6.07) is 16.1. The van der Waals surface area contributed by atoms with Gasteiger partial charge in [0.15, 0.2) is 0 Å². The quantitative estimate of drug-likeness (QED) is 0.698. The summed E-state index contributed by atoms with van der Waals surface area (Å²) in [5.74, 6) is -0.185. The summed E-state index contributed by atoms with van der Waals surface area (Å²) in [4.78, 5) is 17.3. The number of nitrogens with one attached hydrogen (secondary N) is 2. The number of aromatic nitrogens is 1. The summed E-state index contributed by atoms with van der Waals surface area (Å²) < 4.78 is 27.0. The molecule has 6 nitrogen and oxygen atoms in total. The number of aryl methyl sites for hydroxylation is 1. The van der Waals surface area contributed by atoms with Gasteiger partial charge in [-0.05, 0) is 31.2 Å². The first-order valence-corrected chi connectivity index (χ1v) is 9.75. The Morgan fingerprint density at radius 2 is 1.81 bits per heavy atom. The standard InChI is InChI=1S/C19H21N3O3S/c1-14-7-9-16(10-8-14)26(24,25)20-11-12-22(2)19(23)18-13-15-5-3-4-6-17(15)21-18/h3-10,13,20-21H,11-12H2,1-2H3. The largest absolute Gasteiger partial charge is 0.351 e. The predicted molar refractivity (Wildman–Crippen MR) is 102 cm³/mol. The van der Waals surface area contributed by atoms with E-state index < -0.39 is 10.0 Å². The summed E-state index contributed by atoms with van der Waals surface area (Å²) in [6.45, 7) is 2.30. The minimum atomic E-state index is -3.58. The number of rotatable bonds is 6. The van der Waals surface area contributed by atoms with Crippen LogP contribution in [-0.4, -0.2) is 44.3 Å². The number of sulfonamides is 1. The van der Waals surface area contributed by atoms with Crippen LogP contribution in [0.1, 0.15) is 16.1 Å². The highest BCUT2D eigenvalue weighted by atomic mass is 32.2. The van der Waals surface area contributed by atoms with Crippen LogP contribution in [0, 0.1) is 6.92 Å². The first-order valence-electron chi connectivity index (χ1n) is 8.26. The number of nitrogens with zero attached hydrogens (tertiary/aromatic N) is 1. The molecule has 2 aromatic carbocycles. The van der Waals surface area contributed by atoms with E-state index in [2.05, 4.69) is 9.71 Å². The van der Waals surface area contributed by atoms with Gasteiger partial charge >= 0.3 is 0 Å². The molecular weight excluding hydrogens is 350 g/mol. The molecule has 0 aliphatic heterocycles. The topological polar surface area (TPSA) is 82.3 Å². The van der Waals surface area contributed by atoms with Crippen LogP contribution in [0.4, 0.5) is 0 Å². The van der Waals surface area contributed by atoms with Crippen molar-refractivity contribution in [1.29, 1.82) is 0 Å². The van der Waals surface area contributed by atoms with Crippen molar-refractivity contribution in [2.24, 2.45) is 0 Å². The van der Waals surface area contributed by atoms with Crippen LogP contribution in [0.25, 0.3) is 10.9 Å². The van der Waals surface area contributed by atoms with E-state index in [1.54, 1.807) is 37.4 Å². The SMILES string of the molecule is Cc1ccc(S(=O)(=O)NCCN(C)C(=O)c2cc3ccccc3[nH]2)cc1. The van der Waals surface area contributed by atoms with Gasteiger partial charge in [0.25, 0.3) is 5.91 Å². The Bertz CT molecular complexity index is 991. The maximum Gasteiger partial charge on any atom is 0.270 e. The molecular formula is C19H21N3O3S. The molecule has 0 saturated carbocycles. The maximum absolute atomic E-state index is 12.5. The highest BCUT2D eigenvalue weighted by Crippen LogP contribution is 2.15. The lowest BCUT2D eigenvalue weighted by molar-refractivity contribution is 0.0793. The molecule has 0 atom stereocenters. The molecule has 0 spiro atoms. The van der Waals surface area contributed by atoms with Crippen molar-refractivity contribution in [2.75, 3.05) is 20.1 Å². The summed E-state index contributed by atoms with van der Waals surface area (Å²) in [7, 11) is -1.93. The summed E-state index contributed by atoms with van der Waals surface area (Å²) in [6.07, 6.45) is 0. The molecule has 0 aliphatic carbocycles. The first-order chi connectivity index (χ1) is 12.4. The van der Waals surface area contributed by atoms with Crippen molar-refractivity contribution < 1.29 is 13.2 Å². The third kappa shape index (κ3) is 3.95. The third-order valence-electron chi connectivity index (χ3n) is 4.18. The molecule has 1 heterocycles. The van der Waals surface area contributed by atoms with Gasteiger partial charge in [-0.25, -0.2) is 13.1 Å². The minimum absolute atomic E-state index is 0.138. The maximum atomic E-state index is 12.5. The van der Waals surface area contributed by atoms with E-state index in [0.29, 0.717) is 5.69 Å². The molecule has 2 N–H and O–H groups in total. The number of carbonyl (C=O) groups is 1. The van der Waals surface area contributed by atoms with Gasteiger partial charge < -0.3 is 9.88 Å². The average molecular weight is 371 g/mol. The molecule has 7 heteroatoms. The Morgan fingerprint density at radius 3 is 2.50 bits per heavy atom. The molecule has 0 radical (unpaired) electrons. The van der Waals surface area contributed by atoms with Crippen LogP contribution in [0.2, 0.25) is 0 Å². The van der Waals surface area contributed by atoms with Crippen molar-refractivity contribution in [2.45, 2.75) is 11.8 Å². The van der Waals surface area contributed by atoms with Crippen LogP contribution in [0.5, 0.6) is 0 Å². The number of benzene rings is 2. The average Bonchev–Trinajstić information content (AvgIpc) is 3.05. The lowest BCUT2D eigenvalue weighted by Gasteiger charge is -2.16. The number of hydrogen-bond donors (Lipinski definition) is 2. The zero-order chi connectivity index (χ0) is 18.7. The van der Waals surface area contributed by atoms with Crippen molar-refractivity contribution in [3.05, 3.63) is 65.9 Å². The lowest BCUT2D eigenvalue weighted by Crippen LogP contribution is -2.36. The van der Waals surface area contributed by atoms with Crippen LogP contribution >= 0.6 is 0 Å². The zero-order valence-electron chi connectivity index (χ0n) is 14.7. The second-order valence-corrected chi connectivity index (χ2v) is 7.97. The molecule has 1 aromatic heterocycles. The Labute approximate surface area is 152 Å². The van der Waals surface area contributed by atoms with E-state index in [1.165, 1.54) is 4.90 Å². The van der Waals surface area contributed by atoms with Crippen molar-refractivity contribution in [3.63, 3.8) is 0 Å². The molecule has 0 fully saturated rings. The lowest BCUT2D eigenvalue weighted by atomic mass is 10.2. The Morgan fingerprint density at radius 1 is 1.12 bits per heavy atom. The van der Waals surface area contributed by atoms with Crippen LogP contribution in [0.15, 0.2) is 59.5 Å². The molecule has 0 aliphatic rings. The van der Waals surface area contributed by atoms with Gasteiger partial charge in [-0.2, -0.15) is 0 Å². The second-order valence-electron chi connectivity index (χ2n) is 6.21. The fourth-order valence-corrected chi connectivity index (χ4v) is 3.67. The fraction of sp³-hybridized carbons (Fsp3) is 0.211. The van der Waals surface area contributed by atoms with E-state index in [0.717, 1.165) is 16.5 Å². The molecule has 3 aromatic rings. The number of para-hydroxylation sites is 1. The molecule has 0 unspecified atom stereocenters. The van der Waals surface area contributed by atoms with Crippen molar-refractivity contribution in [3.8, 4) is 0 Å². The number of amides is 1. The Kier molecular flexibility index (Phi) is 5.11. The number of carbonyl (C=O) groups excluding carboxylic acids is 1. The number of fused-ring (bicyclic) bond motifs is 1. The van der Waals surface area contributed by atoms with Gasteiger partial charge in [-0.3, -0.25) is 4.79 Å². The minimum Gasteiger partial charge on any atom is -0.351 e. The van der Waals surface area contributed by atoms with E-state index in [9.17, 15) is 13.2 Å². The third-order valence-corrected chi connectivity index (χ3v) is 5.65. The van der Waals surface area contributed by atoms with Gasteiger partial charge in [0.1, 0.15) is 5.69 Å². The van der Waals surface area contributed by atoms with E-state index in [-0.39, 0.29) is 23.9 Å². The molecule has 0 bridgehead atoms. The molecule has 1 amide bonds. The molecule has 3 rings (SSSR count). The summed E-state index contributed by atoms with van der Waals surface area (Å²) in [5, 5.41) is 0.962. The smallest absolute Gasteiger partial charge is 0.270 e. The predicted octanol–water partition coefficient (Wildman–Crippen LogP) is 2.53. The highest BCUT2D eigenvalue weighted by Gasteiger charge is 2.17. The van der Waals surface area contributed by atoms with Gasteiger partial charge in [-0.15, -0.1) is 0 Å². The van der Waals surface area contributed by atoms with Crippen molar-refractivity contribution >= 4 is 26.8 Å². The van der Waals surface area contributed by atoms with Crippen LogP contribution in [0.3, 0.4) is 0 Å². The number of aromatic amines is 1. The van der Waals surface area contributed by atoms with E-state index >= 15 is 0 Å². The van der Waals surface area contributed by atoms with Gasteiger partial charge in [0.2, 0.25) is 10.0 Å². The fourth-order valence-electron chi connectivity index (χ4n) is 2.64. The second kappa shape index (κ2) is 7.31. The Balaban J connectivity index is 1.60. The Hall–Kier alpha value is -2.64. The van der Waals surface area contributed by atoms with Crippen molar-refractivity contribution in [1.82, 2.24) is 14.6 Å². The normalized spacial score (nSPS) is 11.6.